The number of anilines is 4. The average molecular weight is 370 g/mol. The summed E-state index contributed by atoms with van der Waals surface area (Å²) in [6.45, 7) is 1.93. The third-order valence-corrected chi connectivity index (χ3v) is 3.78. The van der Waals surface area contributed by atoms with Crippen LogP contribution >= 0.6 is 11.6 Å². The Hall–Kier alpha value is -3.19. The van der Waals surface area contributed by atoms with E-state index in [0.29, 0.717) is 28.0 Å². The van der Waals surface area contributed by atoms with E-state index in [0.717, 1.165) is 11.3 Å². The lowest BCUT2D eigenvalue weighted by atomic mass is 10.2. The van der Waals surface area contributed by atoms with Crippen LogP contribution in [0.1, 0.15) is 15.9 Å². The Morgan fingerprint density at radius 2 is 2.00 bits per heavy atom. The third kappa shape index (κ3) is 4.25. The molecule has 2 aromatic carbocycles. The van der Waals surface area contributed by atoms with Crippen LogP contribution in [0, 0.1) is 6.92 Å². The van der Waals surface area contributed by atoms with Gasteiger partial charge in [-0.25, -0.2) is 4.79 Å². The molecule has 1 heterocycles. The molecule has 3 rings (SSSR count). The Labute approximate surface area is 155 Å². The molecule has 2 N–H and O–H groups in total. The number of hydrogen-bond acceptors (Lipinski definition) is 7. The van der Waals surface area contributed by atoms with Gasteiger partial charge >= 0.3 is 5.97 Å². The molecule has 0 saturated heterocycles. The summed E-state index contributed by atoms with van der Waals surface area (Å²) in [6, 6.07) is 12.4. The Morgan fingerprint density at radius 1 is 1.15 bits per heavy atom. The summed E-state index contributed by atoms with van der Waals surface area (Å²) >= 11 is 5.97. The molecular formula is C18H16ClN5O2. The summed E-state index contributed by atoms with van der Waals surface area (Å²) in [4.78, 5) is 16.0. The maximum Gasteiger partial charge on any atom is 0.337 e. The number of aromatic nitrogens is 3. The van der Waals surface area contributed by atoms with Gasteiger partial charge in [0.2, 0.25) is 5.95 Å². The number of benzene rings is 2. The number of ether oxygens (including phenoxy) is 1. The van der Waals surface area contributed by atoms with E-state index in [2.05, 4.69) is 25.8 Å². The van der Waals surface area contributed by atoms with Gasteiger partial charge in [0.15, 0.2) is 5.82 Å². The van der Waals surface area contributed by atoms with Gasteiger partial charge in [-0.1, -0.05) is 17.7 Å². The molecule has 132 valence electrons. The Kier molecular flexibility index (Phi) is 5.28. The van der Waals surface area contributed by atoms with E-state index >= 15 is 0 Å². The van der Waals surface area contributed by atoms with Crippen molar-refractivity contribution in [1.29, 1.82) is 0 Å². The SMILES string of the molecule is COC(=O)c1cccc(Nc2cnnc(Nc3ccc(Cl)cc3C)n2)c1. The van der Waals surface area contributed by atoms with E-state index in [4.69, 9.17) is 16.3 Å². The second-order valence-electron chi connectivity index (χ2n) is 5.45. The zero-order valence-corrected chi connectivity index (χ0v) is 14.9. The van der Waals surface area contributed by atoms with Gasteiger partial charge in [-0.15, -0.1) is 5.10 Å². The smallest absolute Gasteiger partial charge is 0.337 e. The number of halogens is 1. The molecule has 3 aromatic rings. The molecule has 0 fully saturated rings. The van der Waals surface area contributed by atoms with Crippen LogP contribution in [0.3, 0.4) is 0 Å². The van der Waals surface area contributed by atoms with Crippen molar-refractivity contribution in [1.82, 2.24) is 15.2 Å². The van der Waals surface area contributed by atoms with Gasteiger partial charge in [0.1, 0.15) is 0 Å². The number of rotatable bonds is 5. The van der Waals surface area contributed by atoms with Gasteiger partial charge < -0.3 is 15.4 Å². The average Bonchev–Trinajstić information content (AvgIpc) is 2.64. The Bertz CT molecular complexity index is 948. The van der Waals surface area contributed by atoms with Crippen molar-refractivity contribution in [3.8, 4) is 0 Å². The van der Waals surface area contributed by atoms with Crippen LogP contribution in [0.2, 0.25) is 5.02 Å². The minimum absolute atomic E-state index is 0.338. The van der Waals surface area contributed by atoms with Gasteiger partial charge in [0.05, 0.1) is 18.9 Å². The monoisotopic (exact) mass is 369 g/mol. The third-order valence-electron chi connectivity index (χ3n) is 3.55. The molecule has 0 aliphatic heterocycles. The standard InChI is InChI=1S/C18H16ClN5O2/c1-11-8-13(19)6-7-15(11)22-18-23-16(10-20-24-18)21-14-5-3-4-12(9-14)17(25)26-2/h3-10H,1-2H3,(H2,21,22,23,24). The first-order chi connectivity index (χ1) is 12.5. The molecule has 8 heteroatoms. The summed E-state index contributed by atoms with van der Waals surface area (Å²) in [5, 5.41) is 14.8. The van der Waals surface area contributed by atoms with Crippen LogP contribution in [0.4, 0.5) is 23.1 Å². The van der Waals surface area contributed by atoms with Crippen molar-refractivity contribution in [3.63, 3.8) is 0 Å². The number of methoxy groups -OCH3 is 1. The van der Waals surface area contributed by atoms with E-state index in [1.54, 1.807) is 24.3 Å². The van der Waals surface area contributed by atoms with E-state index in [1.165, 1.54) is 13.3 Å². The topological polar surface area (TPSA) is 89.0 Å². The van der Waals surface area contributed by atoms with Crippen molar-refractivity contribution in [2.45, 2.75) is 6.92 Å². The van der Waals surface area contributed by atoms with E-state index in [1.807, 2.05) is 25.1 Å². The minimum Gasteiger partial charge on any atom is -0.465 e. The van der Waals surface area contributed by atoms with Crippen molar-refractivity contribution in [2.24, 2.45) is 0 Å². The fourth-order valence-electron chi connectivity index (χ4n) is 2.29. The van der Waals surface area contributed by atoms with Crippen molar-refractivity contribution < 1.29 is 9.53 Å². The predicted molar refractivity (Wildman–Crippen MR) is 100 cm³/mol. The quantitative estimate of drug-likeness (QED) is 0.654. The van der Waals surface area contributed by atoms with E-state index in [-0.39, 0.29) is 0 Å². The largest absolute Gasteiger partial charge is 0.465 e. The molecule has 0 bridgehead atoms. The summed E-state index contributed by atoms with van der Waals surface area (Å²) in [7, 11) is 1.34. The lowest BCUT2D eigenvalue weighted by Crippen LogP contribution is -2.04. The van der Waals surface area contributed by atoms with Gasteiger partial charge in [0, 0.05) is 16.4 Å². The maximum absolute atomic E-state index is 11.6. The molecule has 0 aliphatic carbocycles. The second-order valence-corrected chi connectivity index (χ2v) is 5.88. The van der Waals surface area contributed by atoms with Crippen LogP contribution in [0.25, 0.3) is 0 Å². The molecule has 1 aromatic heterocycles. The number of nitrogens with zero attached hydrogens (tertiary/aromatic N) is 3. The van der Waals surface area contributed by atoms with Crippen molar-refractivity contribution >= 4 is 40.7 Å². The number of carbonyl (C=O) groups is 1. The van der Waals surface area contributed by atoms with E-state index in [9.17, 15) is 4.79 Å². The molecule has 0 unspecified atom stereocenters. The lowest BCUT2D eigenvalue weighted by Gasteiger charge is -2.10. The van der Waals surface area contributed by atoms with Crippen LogP contribution in [0.5, 0.6) is 0 Å². The van der Waals surface area contributed by atoms with Crippen molar-refractivity contribution in [3.05, 3.63) is 64.8 Å². The van der Waals surface area contributed by atoms with Crippen LogP contribution in [-0.2, 0) is 4.74 Å². The highest BCUT2D eigenvalue weighted by Crippen LogP contribution is 2.23. The highest BCUT2D eigenvalue weighted by molar-refractivity contribution is 6.30. The first-order valence-corrected chi connectivity index (χ1v) is 8.11. The molecule has 0 radical (unpaired) electrons. The first-order valence-electron chi connectivity index (χ1n) is 7.73. The summed E-state index contributed by atoms with van der Waals surface area (Å²) in [5.41, 5.74) is 2.92. The van der Waals surface area contributed by atoms with Crippen LogP contribution in [0.15, 0.2) is 48.7 Å². The number of hydrogen-bond donors (Lipinski definition) is 2. The fraction of sp³-hybridized carbons (Fsp3) is 0.111. The zero-order chi connectivity index (χ0) is 18.5. The molecule has 7 nitrogen and oxygen atoms in total. The van der Waals surface area contributed by atoms with E-state index < -0.39 is 5.97 Å². The Balaban J connectivity index is 1.78. The highest BCUT2D eigenvalue weighted by atomic mass is 35.5. The number of carbonyl (C=O) groups excluding carboxylic acids is 1. The minimum atomic E-state index is -0.407. The molecule has 0 aliphatic rings. The van der Waals surface area contributed by atoms with Gasteiger partial charge in [-0.05, 0) is 48.9 Å². The first kappa shape index (κ1) is 17.6. The van der Waals surface area contributed by atoms with Gasteiger partial charge in [-0.2, -0.15) is 10.1 Å². The Morgan fingerprint density at radius 3 is 2.77 bits per heavy atom. The fourth-order valence-corrected chi connectivity index (χ4v) is 2.52. The van der Waals surface area contributed by atoms with Gasteiger partial charge in [0.25, 0.3) is 0 Å². The lowest BCUT2D eigenvalue weighted by molar-refractivity contribution is 0.0601. The molecule has 0 amide bonds. The normalized spacial score (nSPS) is 10.3. The number of aryl methyl sites for hydroxylation is 1. The molecule has 26 heavy (non-hydrogen) atoms. The maximum atomic E-state index is 11.6. The van der Waals surface area contributed by atoms with Crippen LogP contribution < -0.4 is 10.6 Å². The summed E-state index contributed by atoms with van der Waals surface area (Å²) in [5.74, 6) is 0.413. The summed E-state index contributed by atoms with van der Waals surface area (Å²) in [6.07, 6.45) is 1.49. The summed E-state index contributed by atoms with van der Waals surface area (Å²) < 4.78 is 4.72. The molecule has 0 saturated carbocycles. The molecular weight excluding hydrogens is 354 g/mol. The van der Waals surface area contributed by atoms with Crippen LogP contribution in [-0.4, -0.2) is 28.3 Å². The molecule has 0 spiro atoms. The zero-order valence-electron chi connectivity index (χ0n) is 14.2. The second kappa shape index (κ2) is 7.79. The van der Waals surface area contributed by atoms with Gasteiger partial charge in [-0.3, -0.25) is 0 Å². The number of esters is 1. The predicted octanol–water partition coefficient (Wildman–Crippen LogP) is 4.11. The highest BCUT2D eigenvalue weighted by Gasteiger charge is 2.08. The number of nitrogens with one attached hydrogen (secondary N) is 2. The molecule has 0 atom stereocenters. The van der Waals surface area contributed by atoms with Crippen molar-refractivity contribution in [2.75, 3.05) is 17.7 Å².